The summed E-state index contributed by atoms with van der Waals surface area (Å²) in [5, 5.41) is 6.38. The number of carbonyl (C=O) groups is 2. The van der Waals surface area contributed by atoms with Crippen molar-refractivity contribution in [3.8, 4) is 0 Å². The van der Waals surface area contributed by atoms with E-state index in [2.05, 4.69) is 21.5 Å². The fourth-order valence-electron chi connectivity index (χ4n) is 3.58. The number of methoxy groups -OCH3 is 1. The minimum atomic E-state index is -0.414. The lowest BCUT2D eigenvalue weighted by atomic mass is 9.89. The Labute approximate surface area is 158 Å². The van der Waals surface area contributed by atoms with Gasteiger partial charge < -0.3 is 15.4 Å². The lowest BCUT2D eigenvalue weighted by molar-refractivity contribution is -0.141. The first kappa shape index (κ1) is 19.2. The number of hydrogen-bond acceptors (Lipinski definition) is 7. The Kier molecular flexibility index (Phi) is 6.53. The summed E-state index contributed by atoms with van der Waals surface area (Å²) in [5.41, 5.74) is 7.24. The Morgan fingerprint density at radius 2 is 2.08 bits per heavy atom. The third-order valence-corrected chi connectivity index (χ3v) is 5.84. The van der Waals surface area contributed by atoms with E-state index in [1.807, 2.05) is 30.5 Å². The molecule has 1 aromatic rings. The first-order valence-electron chi connectivity index (χ1n) is 8.85. The van der Waals surface area contributed by atoms with Gasteiger partial charge in [0, 0.05) is 23.4 Å². The van der Waals surface area contributed by atoms with Crippen LogP contribution in [-0.4, -0.2) is 50.4 Å². The quantitative estimate of drug-likeness (QED) is 0.425. The summed E-state index contributed by atoms with van der Waals surface area (Å²) in [5.74, 6) is -0.253. The van der Waals surface area contributed by atoms with Gasteiger partial charge in [-0.3, -0.25) is 15.0 Å². The maximum Gasteiger partial charge on any atom is 0.307 e. The van der Waals surface area contributed by atoms with Crippen molar-refractivity contribution in [2.75, 3.05) is 26.5 Å². The summed E-state index contributed by atoms with van der Waals surface area (Å²) in [6.07, 6.45) is 3.10. The zero-order valence-corrected chi connectivity index (χ0v) is 15.9. The highest BCUT2D eigenvalue weighted by molar-refractivity contribution is 7.98. The Morgan fingerprint density at radius 3 is 2.77 bits per heavy atom. The Morgan fingerprint density at radius 1 is 1.31 bits per heavy atom. The number of rotatable bonds is 6. The molecule has 0 spiro atoms. The molecule has 0 aromatic heterocycles. The molecule has 2 saturated heterocycles. The number of piperidine rings is 1. The van der Waals surface area contributed by atoms with Gasteiger partial charge in [-0.25, -0.2) is 5.43 Å². The number of esters is 1. The number of hydrazine groups is 1. The highest BCUT2D eigenvalue weighted by Crippen LogP contribution is 2.24. The number of thioether (sulfide) groups is 1. The number of hydrogen-bond donors (Lipinski definition) is 4. The van der Waals surface area contributed by atoms with Gasteiger partial charge in [0.15, 0.2) is 0 Å². The highest BCUT2D eigenvalue weighted by atomic mass is 32.2. The monoisotopic (exact) mass is 378 g/mol. The predicted octanol–water partition coefficient (Wildman–Crippen LogP) is 0.583. The van der Waals surface area contributed by atoms with Crippen LogP contribution in [0.3, 0.4) is 0 Å². The van der Waals surface area contributed by atoms with Gasteiger partial charge in [-0.1, -0.05) is 12.1 Å². The molecule has 0 saturated carbocycles. The first-order valence-corrected chi connectivity index (χ1v) is 10.1. The van der Waals surface area contributed by atoms with Crippen LogP contribution in [0.4, 0.5) is 0 Å². The minimum Gasteiger partial charge on any atom is -0.469 e. The van der Waals surface area contributed by atoms with Crippen molar-refractivity contribution in [1.82, 2.24) is 21.5 Å². The molecule has 2 aliphatic heterocycles. The summed E-state index contributed by atoms with van der Waals surface area (Å²) in [7, 11) is 1.36. The molecule has 4 unspecified atom stereocenters. The van der Waals surface area contributed by atoms with Gasteiger partial charge in [-0.05, 0) is 36.9 Å². The van der Waals surface area contributed by atoms with Crippen molar-refractivity contribution in [1.29, 1.82) is 0 Å². The number of carbonyl (C=O) groups excluding carboxylic acids is 2. The lowest BCUT2D eigenvalue weighted by Crippen LogP contribution is -2.50. The molecule has 2 fully saturated rings. The van der Waals surface area contributed by atoms with E-state index in [0.29, 0.717) is 6.04 Å². The van der Waals surface area contributed by atoms with Crippen molar-refractivity contribution in [3.63, 3.8) is 0 Å². The van der Waals surface area contributed by atoms with Gasteiger partial charge in [0.2, 0.25) is 5.91 Å². The summed E-state index contributed by atoms with van der Waals surface area (Å²) < 4.78 is 4.81. The van der Waals surface area contributed by atoms with E-state index < -0.39 is 6.04 Å². The molecule has 2 heterocycles. The second-order valence-electron chi connectivity index (χ2n) is 6.64. The van der Waals surface area contributed by atoms with Crippen LogP contribution in [0.5, 0.6) is 0 Å². The zero-order valence-electron chi connectivity index (χ0n) is 15.1. The lowest BCUT2D eigenvalue weighted by Gasteiger charge is -2.28. The fourth-order valence-corrected chi connectivity index (χ4v) is 3.98. The van der Waals surface area contributed by atoms with Crippen molar-refractivity contribution in [2.24, 2.45) is 5.92 Å². The van der Waals surface area contributed by atoms with Crippen LogP contribution < -0.4 is 21.5 Å². The van der Waals surface area contributed by atoms with Crippen LogP contribution in [0, 0.1) is 5.92 Å². The zero-order chi connectivity index (χ0) is 18.5. The standard InChI is InChI=1S/C18H26N4O3S/c1-25-16(23)9-15(11-3-5-12(26-2)6-4-11)20-18(24)17-13-10-19-8-7-14(13)21-22-17/h3-6,13-15,17,19,21-22H,7-10H2,1-2H3,(H,20,24). The van der Waals surface area contributed by atoms with E-state index in [1.54, 1.807) is 11.8 Å². The molecule has 8 heteroatoms. The Bertz CT molecular complexity index is 640. The van der Waals surface area contributed by atoms with Crippen LogP contribution in [0.25, 0.3) is 0 Å². The van der Waals surface area contributed by atoms with Gasteiger partial charge in [0.1, 0.15) is 6.04 Å². The molecule has 0 bridgehead atoms. The topological polar surface area (TPSA) is 91.5 Å². The molecule has 4 atom stereocenters. The fraction of sp³-hybridized carbons (Fsp3) is 0.556. The van der Waals surface area contributed by atoms with Crippen LogP contribution in [0.2, 0.25) is 0 Å². The van der Waals surface area contributed by atoms with Crippen LogP contribution in [-0.2, 0) is 14.3 Å². The van der Waals surface area contributed by atoms with Gasteiger partial charge in [-0.2, -0.15) is 0 Å². The molecule has 0 radical (unpaired) electrons. The second kappa shape index (κ2) is 8.85. The molecule has 2 aliphatic rings. The third kappa shape index (κ3) is 4.37. The van der Waals surface area contributed by atoms with Gasteiger partial charge in [-0.15, -0.1) is 11.8 Å². The number of amides is 1. The van der Waals surface area contributed by atoms with Crippen LogP contribution >= 0.6 is 11.8 Å². The molecule has 4 N–H and O–H groups in total. The number of fused-ring (bicyclic) bond motifs is 1. The molecule has 3 rings (SSSR count). The molecule has 142 valence electrons. The average molecular weight is 378 g/mol. The maximum atomic E-state index is 12.9. The van der Waals surface area contributed by atoms with Crippen molar-refractivity contribution >= 4 is 23.6 Å². The Balaban J connectivity index is 1.71. The van der Waals surface area contributed by atoms with Crippen molar-refractivity contribution in [2.45, 2.75) is 35.9 Å². The highest BCUT2D eigenvalue weighted by Gasteiger charge is 2.41. The summed E-state index contributed by atoms with van der Waals surface area (Å²) in [4.78, 5) is 25.8. The normalized spacial score (nSPS) is 26.0. The van der Waals surface area contributed by atoms with E-state index in [0.717, 1.165) is 30.0 Å². The van der Waals surface area contributed by atoms with E-state index in [4.69, 9.17) is 4.74 Å². The summed E-state index contributed by atoms with van der Waals surface area (Å²) in [6.45, 7) is 1.75. The van der Waals surface area contributed by atoms with E-state index in [1.165, 1.54) is 7.11 Å². The van der Waals surface area contributed by atoms with Crippen LogP contribution in [0.15, 0.2) is 29.2 Å². The maximum absolute atomic E-state index is 12.9. The smallest absolute Gasteiger partial charge is 0.307 e. The van der Waals surface area contributed by atoms with E-state index in [-0.39, 0.29) is 30.3 Å². The minimum absolute atomic E-state index is 0.100. The molecule has 1 amide bonds. The number of benzene rings is 1. The van der Waals surface area contributed by atoms with Crippen molar-refractivity contribution in [3.05, 3.63) is 29.8 Å². The van der Waals surface area contributed by atoms with Gasteiger partial charge in [0.05, 0.1) is 19.6 Å². The molecular formula is C18H26N4O3S. The number of ether oxygens (including phenoxy) is 1. The van der Waals surface area contributed by atoms with Crippen molar-refractivity contribution < 1.29 is 14.3 Å². The van der Waals surface area contributed by atoms with E-state index in [9.17, 15) is 9.59 Å². The van der Waals surface area contributed by atoms with Crippen LogP contribution in [0.1, 0.15) is 24.4 Å². The molecule has 7 nitrogen and oxygen atoms in total. The average Bonchev–Trinajstić information content (AvgIpc) is 3.11. The third-order valence-electron chi connectivity index (χ3n) is 5.10. The molecule has 0 aliphatic carbocycles. The first-order chi connectivity index (χ1) is 12.6. The van der Waals surface area contributed by atoms with E-state index >= 15 is 0 Å². The second-order valence-corrected chi connectivity index (χ2v) is 7.52. The molecule has 26 heavy (non-hydrogen) atoms. The number of nitrogens with one attached hydrogen (secondary N) is 4. The van der Waals surface area contributed by atoms with Gasteiger partial charge >= 0.3 is 5.97 Å². The van der Waals surface area contributed by atoms with Gasteiger partial charge in [0.25, 0.3) is 0 Å². The Hall–Kier alpha value is -1.61. The SMILES string of the molecule is COC(=O)CC(NC(=O)C1NNC2CCNCC21)c1ccc(SC)cc1. The predicted molar refractivity (Wildman–Crippen MR) is 101 cm³/mol. The summed E-state index contributed by atoms with van der Waals surface area (Å²) >= 11 is 1.65. The molecular weight excluding hydrogens is 352 g/mol. The summed E-state index contributed by atoms with van der Waals surface area (Å²) in [6, 6.07) is 7.45. The largest absolute Gasteiger partial charge is 0.469 e. The molecule has 1 aromatic carbocycles.